The van der Waals surface area contributed by atoms with Gasteiger partial charge >= 0.3 is 0 Å². The molecule has 0 saturated heterocycles. The van der Waals surface area contributed by atoms with E-state index in [0.717, 1.165) is 24.2 Å². The summed E-state index contributed by atoms with van der Waals surface area (Å²) in [5.41, 5.74) is 7.97. The maximum absolute atomic E-state index is 5.90. The quantitative estimate of drug-likeness (QED) is 0.306. The number of thioether (sulfide) groups is 1. The van der Waals surface area contributed by atoms with Crippen LogP contribution in [-0.2, 0) is 5.75 Å². The van der Waals surface area contributed by atoms with E-state index in [4.69, 9.17) is 15.2 Å². The predicted molar refractivity (Wildman–Crippen MR) is 110 cm³/mol. The van der Waals surface area contributed by atoms with Crippen LogP contribution in [-0.4, -0.2) is 25.1 Å². The molecule has 0 saturated carbocycles. The molecule has 0 atom stereocenters. The molecule has 0 unspecified atom stereocenters. The van der Waals surface area contributed by atoms with Gasteiger partial charge in [-0.25, -0.2) is 0 Å². The molecule has 0 amide bonds. The summed E-state index contributed by atoms with van der Waals surface area (Å²) in [7, 11) is 1.63. The van der Waals surface area contributed by atoms with E-state index in [1.807, 2.05) is 36.4 Å². The molecule has 138 valence electrons. The summed E-state index contributed by atoms with van der Waals surface area (Å²) in [6, 6.07) is 15.8. The van der Waals surface area contributed by atoms with Crippen molar-refractivity contribution >= 4 is 23.1 Å². The zero-order chi connectivity index (χ0) is 18.6. The lowest BCUT2D eigenvalue weighted by Gasteiger charge is -2.10. The van der Waals surface area contributed by atoms with Crippen LogP contribution in [0.5, 0.6) is 11.5 Å². The molecule has 2 rings (SSSR count). The van der Waals surface area contributed by atoms with Crippen LogP contribution in [0.3, 0.4) is 0 Å². The largest absolute Gasteiger partial charge is 0.493 e. The molecule has 0 aliphatic heterocycles. The molecule has 2 aromatic rings. The number of nitrogens with zero attached hydrogens (tertiary/aromatic N) is 2. The van der Waals surface area contributed by atoms with Crippen LogP contribution in [0, 0.1) is 0 Å². The van der Waals surface area contributed by atoms with Gasteiger partial charge in [-0.05, 0) is 35.7 Å². The topological polar surface area (TPSA) is 69.2 Å². The number of ether oxygens (including phenoxy) is 2. The second kappa shape index (κ2) is 11.2. The van der Waals surface area contributed by atoms with Crippen molar-refractivity contribution in [2.24, 2.45) is 15.9 Å². The summed E-state index contributed by atoms with van der Waals surface area (Å²) >= 11 is 1.46. The van der Waals surface area contributed by atoms with Crippen molar-refractivity contribution in [3.63, 3.8) is 0 Å². The van der Waals surface area contributed by atoms with Crippen LogP contribution in [0.25, 0.3) is 0 Å². The van der Waals surface area contributed by atoms with Crippen molar-refractivity contribution in [1.29, 1.82) is 0 Å². The third kappa shape index (κ3) is 6.80. The van der Waals surface area contributed by atoms with Gasteiger partial charge in [-0.3, -0.25) is 0 Å². The summed E-state index contributed by atoms with van der Waals surface area (Å²) < 4.78 is 11.1. The Bertz CT molecular complexity index is 733. The Balaban J connectivity index is 1.94. The predicted octanol–water partition coefficient (Wildman–Crippen LogP) is 4.46. The molecule has 26 heavy (non-hydrogen) atoms. The van der Waals surface area contributed by atoms with E-state index in [2.05, 4.69) is 29.3 Å². The van der Waals surface area contributed by atoms with Crippen LogP contribution >= 0.6 is 11.8 Å². The lowest BCUT2D eigenvalue weighted by atomic mass is 10.2. The highest BCUT2D eigenvalue weighted by atomic mass is 32.2. The number of methoxy groups -OCH3 is 1. The number of rotatable bonds is 9. The SMILES string of the molecule is CCCCOc1cc(C=NN=C(N)SCc2ccccc2)ccc1OC. The number of benzene rings is 2. The maximum Gasteiger partial charge on any atom is 0.180 e. The van der Waals surface area contributed by atoms with E-state index in [0.29, 0.717) is 23.3 Å². The molecule has 0 fully saturated rings. The molecular weight excluding hydrogens is 346 g/mol. The van der Waals surface area contributed by atoms with Gasteiger partial charge in [0.05, 0.1) is 19.9 Å². The maximum atomic E-state index is 5.90. The lowest BCUT2D eigenvalue weighted by molar-refractivity contribution is 0.288. The summed E-state index contributed by atoms with van der Waals surface area (Å²) in [5.74, 6) is 2.18. The van der Waals surface area contributed by atoms with Gasteiger partial charge in [0.1, 0.15) is 0 Å². The molecule has 0 aliphatic carbocycles. The monoisotopic (exact) mass is 371 g/mol. The summed E-state index contributed by atoms with van der Waals surface area (Å²) in [6.45, 7) is 2.79. The number of hydrogen-bond acceptors (Lipinski definition) is 5. The molecule has 0 spiro atoms. The molecule has 2 N–H and O–H groups in total. The Labute approximate surface area is 159 Å². The first-order valence-corrected chi connectivity index (χ1v) is 9.55. The Morgan fingerprint density at radius 2 is 1.96 bits per heavy atom. The van der Waals surface area contributed by atoms with Crippen molar-refractivity contribution in [2.45, 2.75) is 25.5 Å². The number of hydrogen-bond donors (Lipinski definition) is 1. The Morgan fingerprint density at radius 1 is 1.15 bits per heavy atom. The highest BCUT2D eigenvalue weighted by Crippen LogP contribution is 2.27. The standard InChI is InChI=1S/C20H25N3O2S/c1-3-4-12-25-19-13-17(10-11-18(19)24-2)14-22-23-20(21)26-15-16-8-6-5-7-9-16/h5-11,13-14H,3-4,12,15H2,1-2H3,(H2,21,23). The van der Waals surface area contributed by atoms with Crippen molar-refractivity contribution in [2.75, 3.05) is 13.7 Å². The third-order valence-corrected chi connectivity index (χ3v) is 4.39. The molecule has 0 heterocycles. The summed E-state index contributed by atoms with van der Waals surface area (Å²) in [4.78, 5) is 0. The highest BCUT2D eigenvalue weighted by Gasteiger charge is 2.05. The molecule has 0 aliphatic rings. The van der Waals surface area contributed by atoms with Gasteiger partial charge in [0.2, 0.25) is 0 Å². The molecule has 0 radical (unpaired) electrons. The minimum Gasteiger partial charge on any atom is -0.493 e. The smallest absolute Gasteiger partial charge is 0.180 e. The third-order valence-electron chi connectivity index (χ3n) is 3.54. The average Bonchev–Trinajstić information content (AvgIpc) is 2.67. The van der Waals surface area contributed by atoms with Crippen molar-refractivity contribution in [3.8, 4) is 11.5 Å². The summed E-state index contributed by atoms with van der Waals surface area (Å²) in [5, 5.41) is 8.53. The first-order valence-electron chi connectivity index (χ1n) is 8.57. The normalized spacial score (nSPS) is 11.7. The first-order chi connectivity index (χ1) is 12.7. The van der Waals surface area contributed by atoms with E-state index in [9.17, 15) is 0 Å². The fourth-order valence-corrected chi connectivity index (χ4v) is 2.74. The fraction of sp³-hybridized carbons (Fsp3) is 0.300. The van der Waals surface area contributed by atoms with Crippen molar-refractivity contribution < 1.29 is 9.47 Å². The van der Waals surface area contributed by atoms with Crippen LogP contribution < -0.4 is 15.2 Å². The van der Waals surface area contributed by atoms with Gasteiger partial charge in [0, 0.05) is 5.75 Å². The second-order valence-corrected chi connectivity index (χ2v) is 6.57. The van der Waals surface area contributed by atoms with Gasteiger partial charge in [-0.15, -0.1) is 5.10 Å². The summed E-state index contributed by atoms with van der Waals surface area (Å²) in [6.07, 6.45) is 3.74. The average molecular weight is 372 g/mol. The van der Waals surface area contributed by atoms with Crippen LogP contribution in [0.15, 0.2) is 58.7 Å². The second-order valence-electron chi connectivity index (χ2n) is 5.57. The van der Waals surface area contributed by atoms with E-state index in [1.54, 1.807) is 13.3 Å². The number of amidine groups is 1. The number of unbranched alkanes of at least 4 members (excludes halogenated alkanes) is 1. The van der Waals surface area contributed by atoms with E-state index in [1.165, 1.54) is 17.3 Å². The van der Waals surface area contributed by atoms with Crippen LogP contribution in [0.1, 0.15) is 30.9 Å². The fourth-order valence-electron chi connectivity index (χ4n) is 2.13. The Hall–Kier alpha value is -2.47. The molecular formula is C20H25N3O2S. The van der Waals surface area contributed by atoms with E-state index < -0.39 is 0 Å². The van der Waals surface area contributed by atoms with Gasteiger partial charge in [0.25, 0.3) is 0 Å². The van der Waals surface area contributed by atoms with E-state index >= 15 is 0 Å². The van der Waals surface area contributed by atoms with Crippen LogP contribution in [0.2, 0.25) is 0 Å². The number of nitrogens with two attached hydrogens (primary N) is 1. The van der Waals surface area contributed by atoms with E-state index in [-0.39, 0.29) is 0 Å². The molecule has 0 bridgehead atoms. The molecule has 0 aromatic heterocycles. The molecule has 6 heteroatoms. The molecule has 5 nitrogen and oxygen atoms in total. The van der Waals surface area contributed by atoms with Crippen molar-refractivity contribution in [3.05, 3.63) is 59.7 Å². The van der Waals surface area contributed by atoms with Gasteiger partial charge in [0.15, 0.2) is 16.7 Å². The Kier molecular flexibility index (Phi) is 8.55. The highest BCUT2D eigenvalue weighted by molar-refractivity contribution is 8.13. The minimum atomic E-state index is 0.429. The zero-order valence-corrected chi connectivity index (χ0v) is 16.0. The molecule has 2 aromatic carbocycles. The Morgan fingerprint density at radius 3 is 2.69 bits per heavy atom. The lowest BCUT2D eigenvalue weighted by Crippen LogP contribution is -2.06. The van der Waals surface area contributed by atoms with Gasteiger partial charge in [-0.1, -0.05) is 55.4 Å². The van der Waals surface area contributed by atoms with Gasteiger partial charge in [-0.2, -0.15) is 5.10 Å². The van der Waals surface area contributed by atoms with Crippen LogP contribution in [0.4, 0.5) is 0 Å². The first kappa shape index (κ1) is 19.8. The minimum absolute atomic E-state index is 0.429. The van der Waals surface area contributed by atoms with Gasteiger partial charge < -0.3 is 15.2 Å². The van der Waals surface area contributed by atoms with Crippen molar-refractivity contribution in [1.82, 2.24) is 0 Å². The zero-order valence-electron chi connectivity index (χ0n) is 15.2.